The molecule has 4 nitrogen and oxygen atoms in total. The van der Waals surface area contributed by atoms with Crippen LogP contribution < -0.4 is 11.1 Å². The molecule has 1 aliphatic carbocycles. The van der Waals surface area contributed by atoms with E-state index in [1.54, 1.807) is 0 Å². The van der Waals surface area contributed by atoms with Gasteiger partial charge in [0.15, 0.2) is 0 Å². The molecule has 0 spiro atoms. The van der Waals surface area contributed by atoms with Crippen molar-refractivity contribution in [2.45, 2.75) is 45.2 Å². The molecule has 2 atom stereocenters. The van der Waals surface area contributed by atoms with Gasteiger partial charge in [-0.25, -0.2) is 4.79 Å². The molecule has 1 amide bonds. The lowest BCUT2D eigenvalue weighted by Gasteiger charge is -2.17. The monoisotopic (exact) mass is 200 g/mol. The second kappa shape index (κ2) is 5.20. The highest BCUT2D eigenvalue weighted by Gasteiger charge is 2.25. The van der Waals surface area contributed by atoms with Crippen LogP contribution in [0.5, 0.6) is 0 Å². The van der Waals surface area contributed by atoms with E-state index in [9.17, 15) is 4.79 Å². The quantitative estimate of drug-likeness (QED) is 0.720. The predicted molar refractivity (Wildman–Crippen MR) is 54.9 cm³/mol. The Morgan fingerprint density at radius 1 is 1.57 bits per heavy atom. The number of carbonyl (C=O) groups is 1. The van der Waals surface area contributed by atoms with Crippen LogP contribution in [-0.4, -0.2) is 24.8 Å². The summed E-state index contributed by atoms with van der Waals surface area (Å²) in [6.07, 6.45) is 2.73. The number of ether oxygens (including phenoxy) is 1. The van der Waals surface area contributed by atoms with Crippen molar-refractivity contribution in [2.24, 2.45) is 11.7 Å². The summed E-state index contributed by atoms with van der Waals surface area (Å²) < 4.78 is 5.01. The smallest absolute Gasteiger partial charge is 0.407 e. The third-order valence-corrected chi connectivity index (χ3v) is 2.42. The fourth-order valence-corrected chi connectivity index (χ4v) is 1.60. The maximum Gasteiger partial charge on any atom is 0.407 e. The third kappa shape index (κ3) is 3.54. The van der Waals surface area contributed by atoms with E-state index in [4.69, 9.17) is 10.5 Å². The van der Waals surface area contributed by atoms with Crippen LogP contribution in [0.4, 0.5) is 4.79 Å². The highest BCUT2D eigenvalue weighted by molar-refractivity contribution is 5.67. The molecule has 1 saturated carbocycles. The van der Waals surface area contributed by atoms with Gasteiger partial charge >= 0.3 is 6.09 Å². The zero-order chi connectivity index (χ0) is 10.6. The number of hydrogen-bond acceptors (Lipinski definition) is 3. The Bertz CT molecular complexity index is 195. The standard InChI is InChI=1S/C10H20N2O2/c1-7(2)6-14-10(13)12-9-5-3-4-8(9)11/h7-9H,3-6,11H2,1-2H3,(H,12,13). The van der Waals surface area contributed by atoms with Crippen molar-refractivity contribution in [1.29, 1.82) is 0 Å². The van der Waals surface area contributed by atoms with E-state index in [0.29, 0.717) is 12.5 Å². The molecule has 0 aromatic heterocycles. The van der Waals surface area contributed by atoms with Gasteiger partial charge in [-0.2, -0.15) is 0 Å². The van der Waals surface area contributed by atoms with Gasteiger partial charge < -0.3 is 15.8 Å². The molecule has 0 aromatic carbocycles. The Balaban J connectivity index is 2.19. The van der Waals surface area contributed by atoms with E-state index in [1.807, 2.05) is 13.8 Å². The summed E-state index contributed by atoms with van der Waals surface area (Å²) in [4.78, 5) is 11.3. The maximum absolute atomic E-state index is 11.3. The topological polar surface area (TPSA) is 64.3 Å². The van der Waals surface area contributed by atoms with Crippen molar-refractivity contribution >= 4 is 6.09 Å². The van der Waals surface area contributed by atoms with Crippen LogP contribution in [0, 0.1) is 5.92 Å². The maximum atomic E-state index is 11.3. The molecule has 0 bridgehead atoms. The van der Waals surface area contributed by atoms with E-state index >= 15 is 0 Å². The van der Waals surface area contributed by atoms with Crippen molar-refractivity contribution < 1.29 is 9.53 Å². The summed E-state index contributed by atoms with van der Waals surface area (Å²) in [6, 6.07) is 0.205. The molecular weight excluding hydrogens is 180 g/mol. The highest BCUT2D eigenvalue weighted by Crippen LogP contribution is 2.16. The molecule has 1 fully saturated rings. The van der Waals surface area contributed by atoms with Crippen LogP contribution in [0.15, 0.2) is 0 Å². The fraction of sp³-hybridized carbons (Fsp3) is 0.900. The minimum absolute atomic E-state index is 0.0987. The second-order valence-electron chi connectivity index (χ2n) is 4.34. The molecule has 3 N–H and O–H groups in total. The number of alkyl carbamates (subject to hydrolysis) is 1. The van der Waals surface area contributed by atoms with Gasteiger partial charge in [-0.05, 0) is 25.2 Å². The second-order valence-corrected chi connectivity index (χ2v) is 4.34. The van der Waals surface area contributed by atoms with Gasteiger partial charge in [0, 0.05) is 12.1 Å². The average molecular weight is 200 g/mol. The zero-order valence-corrected chi connectivity index (χ0v) is 8.95. The molecule has 0 radical (unpaired) electrons. The van der Waals surface area contributed by atoms with Crippen molar-refractivity contribution in [2.75, 3.05) is 6.61 Å². The average Bonchev–Trinajstić information content (AvgIpc) is 2.49. The van der Waals surface area contributed by atoms with Crippen molar-refractivity contribution in [1.82, 2.24) is 5.32 Å². The fourth-order valence-electron chi connectivity index (χ4n) is 1.60. The lowest BCUT2D eigenvalue weighted by molar-refractivity contribution is 0.128. The molecule has 1 rings (SSSR count). The Labute approximate surface area is 85.2 Å². The molecule has 82 valence electrons. The minimum Gasteiger partial charge on any atom is -0.449 e. The summed E-state index contributed by atoms with van der Waals surface area (Å²) in [5.41, 5.74) is 5.81. The molecule has 0 saturated heterocycles. The van der Waals surface area contributed by atoms with Crippen LogP contribution >= 0.6 is 0 Å². The highest BCUT2D eigenvalue weighted by atomic mass is 16.5. The molecule has 4 heteroatoms. The minimum atomic E-state index is -0.332. The number of nitrogens with one attached hydrogen (secondary N) is 1. The third-order valence-electron chi connectivity index (χ3n) is 2.42. The van der Waals surface area contributed by atoms with Gasteiger partial charge in [0.25, 0.3) is 0 Å². The van der Waals surface area contributed by atoms with Gasteiger partial charge in [0.1, 0.15) is 0 Å². The lowest BCUT2D eigenvalue weighted by Crippen LogP contribution is -2.44. The number of hydrogen-bond donors (Lipinski definition) is 2. The van der Waals surface area contributed by atoms with Crippen molar-refractivity contribution in [3.05, 3.63) is 0 Å². The van der Waals surface area contributed by atoms with Crippen molar-refractivity contribution in [3.63, 3.8) is 0 Å². The molecule has 2 unspecified atom stereocenters. The first-order valence-corrected chi connectivity index (χ1v) is 5.28. The first-order valence-electron chi connectivity index (χ1n) is 5.28. The number of amides is 1. The van der Waals surface area contributed by atoms with Crippen LogP contribution in [0.25, 0.3) is 0 Å². The van der Waals surface area contributed by atoms with E-state index in [0.717, 1.165) is 19.3 Å². The SMILES string of the molecule is CC(C)COC(=O)NC1CCCC1N. The Kier molecular flexibility index (Phi) is 4.20. The van der Waals surface area contributed by atoms with E-state index in [1.165, 1.54) is 0 Å². The van der Waals surface area contributed by atoms with Gasteiger partial charge in [-0.1, -0.05) is 13.8 Å². The molecular formula is C10H20N2O2. The zero-order valence-electron chi connectivity index (χ0n) is 8.95. The summed E-state index contributed by atoms with van der Waals surface area (Å²) in [7, 11) is 0. The molecule has 0 heterocycles. The summed E-state index contributed by atoms with van der Waals surface area (Å²) in [5, 5.41) is 2.80. The molecule has 1 aliphatic rings. The van der Waals surface area contributed by atoms with E-state index in [2.05, 4.69) is 5.32 Å². The molecule has 0 aliphatic heterocycles. The Hall–Kier alpha value is -0.770. The van der Waals surface area contributed by atoms with E-state index < -0.39 is 0 Å². The number of nitrogens with two attached hydrogens (primary N) is 1. The largest absolute Gasteiger partial charge is 0.449 e. The number of carbonyl (C=O) groups excluding carboxylic acids is 1. The van der Waals surface area contributed by atoms with Crippen LogP contribution in [0.2, 0.25) is 0 Å². The number of rotatable bonds is 3. The first-order chi connectivity index (χ1) is 6.59. The Morgan fingerprint density at radius 2 is 2.29 bits per heavy atom. The first kappa shape index (κ1) is 11.3. The summed E-state index contributed by atoms with van der Waals surface area (Å²) in [6.45, 7) is 4.48. The lowest BCUT2D eigenvalue weighted by atomic mass is 10.2. The van der Waals surface area contributed by atoms with Gasteiger partial charge in [0.2, 0.25) is 0 Å². The van der Waals surface area contributed by atoms with Crippen LogP contribution in [-0.2, 0) is 4.74 Å². The van der Waals surface area contributed by atoms with Gasteiger partial charge in [-0.3, -0.25) is 0 Å². The summed E-state index contributed by atoms with van der Waals surface area (Å²) in [5.74, 6) is 0.373. The van der Waals surface area contributed by atoms with Crippen molar-refractivity contribution in [3.8, 4) is 0 Å². The predicted octanol–water partition coefficient (Wildman–Crippen LogP) is 1.25. The van der Waals surface area contributed by atoms with Gasteiger partial charge in [0.05, 0.1) is 6.61 Å². The van der Waals surface area contributed by atoms with E-state index in [-0.39, 0.29) is 18.2 Å². The normalized spacial score (nSPS) is 26.6. The molecule has 14 heavy (non-hydrogen) atoms. The van der Waals surface area contributed by atoms with Gasteiger partial charge in [-0.15, -0.1) is 0 Å². The van der Waals surface area contributed by atoms with Crippen LogP contribution in [0.3, 0.4) is 0 Å². The summed E-state index contributed by atoms with van der Waals surface area (Å²) >= 11 is 0. The Morgan fingerprint density at radius 3 is 2.79 bits per heavy atom. The molecule has 0 aromatic rings. The van der Waals surface area contributed by atoms with Crippen LogP contribution in [0.1, 0.15) is 33.1 Å².